The summed E-state index contributed by atoms with van der Waals surface area (Å²) in [5.74, 6) is 0.788. The van der Waals surface area contributed by atoms with Crippen molar-refractivity contribution in [2.75, 3.05) is 11.9 Å². The van der Waals surface area contributed by atoms with Crippen LogP contribution >= 0.6 is 0 Å². The van der Waals surface area contributed by atoms with Gasteiger partial charge in [0.05, 0.1) is 0 Å². The Morgan fingerprint density at radius 3 is 2.67 bits per heavy atom. The summed E-state index contributed by atoms with van der Waals surface area (Å²) in [7, 11) is 2.23. The van der Waals surface area contributed by atoms with Crippen LogP contribution in [0.3, 0.4) is 0 Å². The predicted octanol–water partition coefficient (Wildman–Crippen LogP) is 3.47. The second-order valence-electron chi connectivity index (χ2n) is 5.78. The van der Waals surface area contributed by atoms with Crippen LogP contribution in [0, 0.1) is 12.8 Å². The summed E-state index contributed by atoms with van der Waals surface area (Å²) in [6.45, 7) is 5.14. The number of hydrogen-bond donors (Lipinski definition) is 1. The zero-order valence-electron chi connectivity index (χ0n) is 11.9. The molecule has 2 N–H and O–H groups in total. The largest absolute Gasteiger partial charge is 0.371 e. The van der Waals surface area contributed by atoms with Gasteiger partial charge in [-0.25, -0.2) is 0 Å². The minimum absolute atomic E-state index is 0.627. The van der Waals surface area contributed by atoms with Crippen LogP contribution in [0.2, 0.25) is 0 Å². The first-order valence-electron chi connectivity index (χ1n) is 7.16. The van der Waals surface area contributed by atoms with Crippen molar-refractivity contribution < 1.29 is 0 Å². The number of aryl methyl sites for hydroxylation is 1. The smallest absolute Gasteiger partial charge is 0.0411 e. The molecule has 2 atom stereocenters. The van der Waals surface area contributed by atoms with Gasteiger partial charge in [0, 0.05) is 25.3 Å². The van der Waals surface area contributed by atoms with Crippen molar-refractivity contribution in [1.29, 1.82) is 0 Å². The maximum absolute atomic E-state index is 5.89. The van der Waals surface area contributed by atoms with Gasteiger partial charge < -0.3 is 10.6 Å². The highest BCUT2D eigenvalue weighted by Gasteiger charge is 2.25. The maximum Gasteiger partial charge on any atom is 0.0411 e. The molecule has 1 fully saturated rings. The van der Waals surface area contributed by atoms with Crippen molar-refractivity contribution in [3.8, 4) is 0 Å². The van der Waals surface area contributed by atoms with E-state index in [0.717, 1.165) is 5.92 Å². The Bertz CT molecular complexity index is 400. The molecule has 1 aliphatic rings. The van der Waals surface area contributed by atoms with Gasteiger partial charge in [-0.1, -0.05) is 37.5 Å². The van der Waals surface area contributed by atoms with E-state index in [2.05, 4.69) is 44.0 Å². The van der Waals surface area contributed by atoms with Crippen molar-refractivity contribution in [2.45, 2.75) is 52.1 Å². The fourth-order valence-corrected chi connectivity index (χ4v) is 3.27. The molecule has 0 bridgehead atoms. The fourth-order valence-electron chi connectivity index (χ4n) is 3.27. The summed E-state index contributed by atoms with van der Waals surface area (Å²) in [6, 6.07) is 7.32. The van der Waals surface area contributed by atoms with E-state index in [1.54, 1.807) is 0 Å². The van der Waals surface area contributed by atoms with Crippen molar-refractivity contribution in [1.82, 2.24) is 0 Å². The van der Waals surface area contributed by atoms with Crippen LogP contribution in [-0.2, 0) is 6.54 Å². The topological polar surface area (TPSA) is 29.3 Å². The maximum atomic E-state index is 5.89. The molecule has 1 aromatic rings. The first-order chi connectivity index (χ1) is 8.63. The summed E-state index contributed by atoms with van der Waals surface area (Å²) in [5, 5.41) is 0. The number of nitrogens with two attached hydrogens (primary N) is 1. The van der Waals surface area contributed by atoms with Gasteiger partial charge in [0.2, 0.25) is 0 Å². The van der Waals surface area contributed by atoms with Gasteiger partial charge in [-0.3, -0.25) is 0 Å². The lowest BCUT2D eigenvalue weighted by Crippen LogP contribution is -2.39. The summed E-state index contributed by atoms with van der Waals surface area (Å²) >= 11 is 0. The third-order valence-corrected chi connectivity index (χ3v) is 4.40. The Balaban J connectivity index is 2.24. The molecule has 18 heavy (non-hydrogen) atoms. The molecule has 1 saturated carbocycles. The Labute approximate surface area is 111 Å². The molecule has 0 aliphatic heterocycles. The molecular formula is C16H26N2. The van der Waals surface area contributed by atoms with E-state index in [1.807, 2.05) is 0 Å². The summed E-state index contributed by atoms with van der Waals surface area (Å²) in [4.78, 5) is 2.46. The average Bonchev–Trinajstić information content (AvgIpc) is 2.38. The molecule has 0 amide bonds. The monoisotopic (exact) mass is 246 g/mol. The van der Waals surface area contributed by atoms with E-state index in [1.165, 1.54) is 42.5 Å². The predicted molar refractivity (Wildman–Crippen MR) is 78.9 cm³/mol. The molecule has 2 unspecified atom stereocenters. The first kappa shape index (κ1) is 13.4. The lowest BCUT2D eigenvalue weighted by atomic mass is 9.84. The third kappa shape index (κ3) is 2.69. The summed E-state index contributed by atoms with van der Waals surface area (Å²) in [5.41, 5.74) is 9.79. The zero-order valence-corrected chi connectivity index (χ0v) is 11.9. The minimum atomic E-state index is 0.627. The second-order valence-corrected chi connectivity index (χ2v) is 5.78. The van der Waals surface area contributed by atoms with Crippen LogP contribution in [-0.4, -0.2) is 13.1 Å². The van der Waals surface area contributed by atoms with Gasteiger partial charge >= 0.3 is 0 Å². The lowest BCUT2D eigenvalue weighted by molar-refractivity contribution is 0.321. The molecule has 2 rings (SSSR count). The highest BCUT2D eigenvalue weighted by Crippen LogP contribution is 2.32. The van der Waals surface area contributed by atoms with Crippen molar-refractivity contribution >= 4 is 5.69 Å². The molecule has 1 aliphatic carbocycles. The normalized spacial score (nSPS) is 24.0. The van der Waals surface area contributed by atoms with Crippen molar-refractivity contribution in [3.05, 3.63) is 29.3 Å². The van der Waals surface area contributed by atoms with Crippen LogP contribution in [0.5, 0.6) is 0 Å². The average molecular weight is 246 g/mol. The molecule has 0 heterocycles. The highest BCUT2D eigenvalue weighted by atomic mass is 15.1. The number of nitrogens with zero attached hydrogens (tertiary/aromatic N) is 1. The van der Waals surface area contributed by atoms with E-state index in [0.29, 0.717) is 12.6 Å². The fraction of sp³-hybridized carbons (Fsp3) is 0.625. The molecule has 2 heteroatoms. The summed E-state index contributed by atoms with van der Waals surface area (Å²) in [6.07, 6.45) is 5.43. The molecule has 0 spiro atoms. The van der Waals surface area contributed by atoms with E-state index in [-0.39, 0.29) is 0 Å². The van der Waals surface area contributed by atoms with Crippen LogP contribution < -0.4 is 10.6 Å². The molecule has 100 valence electrons. The molecular weight excluding hydrogens is 220 g/mol. The van der Waals surface area contributed by atoms with E-state index in [4.69, 9.17) is 5.73 Å². The molecule has 0 aromatic heterocycles. The van der Waals surface area contributed by atoms with Gasteiger partial charge in [-0.2, -0.15) is 0 Å². The van der Waals surface area contributed by atoms with Crippen LogP contribution in [0.4, 0.5) is 5.69 Å². The van der Waals surface area contributed by atoms with Crippen molar-refractivity contribution in [3.63, 3.8) is 0 Å². The standard InChI is InChI=1S/C16H26N2/c1-12-8-9-16(14(10-12)11-17)18(3)15-7-5-4-6-13(15)2/h8-10,13,15H,4-7,11,17H2,1-3H3. The third-order valence-electron chi connectivity index (χ3n) is 4.40. The Kier molecular flexibility index (Phi) is 4.28. The minimum Gasteiger partial charge on any atom is -0.371 e. The van der Waals surface area contributed by atoms with E-state index < -0.39 is 0 Å². The Morgan fingerprint density at radius 1 is 1.28 bits per heavy atom. The van der Waals surface area contributed by atoms with Crippen LogP contribution in [0.15, 0.2) is 18.2 Å². The highest BCUT2D eigenvalue weighted by molar-refractivity contribution is 5.55. The first-order valence-corrected chi connectivity index (χ1v) is 7.16. The molecule has 0 radical (unpaired) electrons. The molecule has 1 aromatic carbocycles. The lowest BCUT2D eigenvalue weighted by Gasteiger charge is -2.38. The molecule has 0 saturated heterocycles. The number of hydrogen-bond acceptors (Lipinski definition) is 2. The quantitative estimate of drug-likeness (QED) is 0.885. The van der Waals surface area contributed by atoms with E-state index in [9.17, 15) is 0 Å². The van der Waals surface area contributed by atoms with Gasteiger partial charge in [0.1, 0.15) is 0 Å². The van der Waals surface area contributed by atoms with Gasteiger partial charge in [0.25, 0.3) is 0 Å². The Hall–Kier alpha value is -1.02. The van der Waals surface area contributed by atoms with Gasteiger partial charge in [0.15, 0.2) is 0 Å². The zero-order chi connectivity index (χ0) is 13.1. The van der Waals surface area contributed by atoms with Gasteiger partial charge in [-0.15, -0.1) is 0 Å². The SMILES string of the molecule is Cc1ccc(N(C)C2CCCCC2C)c(CN)c1. The van der Waals surface area contributed by atoms with E-state index >= 15 is 0 Å². The molecule has 2 nitrogen and oxygen atoms in total. The van der Waals surface area contributed by atoms with Crippen LogP contribution in [0.1, 0.15) is 43.7 Å². The number of rotatable bonds is 3. The Morgan fingerprint density at radius 2 is 2.00 bits per heavy atom. The summed E-state index contributed by atoms with van der Waals surface area (Å²) < 4.78 is 0. The number of anilines is 1. The van der Waals surface area contributed by atoms with Crippen LogP contribution in [0.25, 0.3) is 0 Å². The van der Waals surface area contributed by atoms with Gasteiger partial charge in [-0.05, 0) is 37.3 Å². The van der Waals surface area contributed by atoms with Crippen molar-refractivity contribution in [2.24, 2.45) is 11.7 Å². The second kappa shape index (κ2) is 5.75. The number of benzene rings is 1.